The molecule has 1 N–H and O–H groups in total. The summed E-state index contributed by atoms with van der Waals surface area (Å²) in [5, 5.41) is 3.21. The molecule has 1 fully saturated rings. The number of ether oxygens (including phenoxy) is 1. The van der Waals surface area contributed by atoms with Crippen molar-refractivity contribution in [2.24, 2.45) is 0 Å². The SMILES string of the molecule is C#CCCCOc1c(F)cc(CNC2CC2)cc1F. The molecule has 0 bridgehead atoms. The van der Waals surface area contributed by atoms with Crippen LogP contribution in [0.3, 0.4) is 0 Å². The van der Waals surface area contributed by atoms with E-state index in [1.165, 1.54) is 12.1 Å². The second-order valence-electron chi connectivity index (χ2n) is 4.70. The van der Waals surface area contributed by atoms with Gasteiger partial charge < -0.3 is 10.1 Å². The first-order valence-electron chi connectivity index (χ1n) is 6.48. The minimum atomic E-state index is -0.659. The largest absolute Gasteiger partial charge is 0.488 e. The molecule has 1 aliphatic carbocycles. The third-order valence-electron chi connectivity index (χ3n) is 2.94. The van der Waals surface area contributed by atoms with Crippen LogP contribution in [-0.2, 0) is 6.54 Å². The molecule has 0 saturated heterocycles. The van der Waals surface area contributed by atoms with Crippen LogP contribution < -0.4 is 10.1 Å². The van der Waals surface area contributed by atoms with Crippen LogP contribution in [0.4, 0.5) is 8.78 Å². The molecule has 1 aromatic carbocycles. The van der Waals surface area contributed by atoms with Gasteiger partial charge in [0.1, 0.15) is 0 Å². The van der Waals surface area contributed by atoms with E-state index < -0.39 is 11.6 Å². The monoisotopic (exact) mass is 265 g/mol. The molecule has 0 radical (unpaired) electrons. The fourth-order valence-electron chi connectivity index (χ4n) is 1.75. The number of nitrogens with one attached hydrogen (secondary N) is 1. The van der Waals surface area contributed by atoms with Gasteiger partial charge in [-0.2, -0.15) is 0 Å². The number of rotatable bonds is 7. The van der Waals surface area contributed by atoms with Crippen molar-refractivity contribution < 1.29 is 13.5 Å². The van der Waals surface area contributed by atoms with Crippen molar-refractivity contribution in [1.82, 2.24) is 5.32 Å². The van der Waals surface area contributed by atoms with E-state index in [2.05, 4.69) is 11.2 Å². The third kappa shape index (κ3) is 4.22. The van der Waals surface area contributed by atoms with E-state index >= 15 is 0 Å². The number of hydrogen-bond acceptors (Lipinski definition) is 2. The van der Waals surface area contributed by atoms with E-state index in [9.17, 15) is 8.78 Å². The highest BCUT2D eigenvalue weighted by atomic mass is 19.1. The molecule has 1 saturated carbocycles. The Morgan fingerprint density at radius 3 is 2.58 bits per heavy atom. The molecule has 0 heterocycles. The van der Waals surface area contributed by atoms with Crippen molar-refractivity contribution in [1.29, 1.82) is 0 Å². The molecule has 4 heteroatoms. The van der Waals surface area contributed by atoms with Crippen LogP contribution in [0.25, 0.3) is 0 Å². The van der Waals surface area contributed by atoms with Gasteiger partial charge in [-0.3, -0.25) is 0 Å². The molecule has 1 aliphatic rings. The maximum absolute atomic E-state index is 13.7. The smallest absolute Gasteiger partial charge is 0.190 e. The van der Waals surface area contributed by atoms with E-state index in [1.807, 2.05) is 0 Å². The molecule has 102 valence electrons. The molecule has 0 atom stereocenters. The third-order valence-corrected chi connectivity index (χ3v) is 2.94. The first kappa shape index (κ1) is 13.8. The predicted octanol–water partition coefficient (Wildman–Crippen LogP) is 3.01. The van der Waals surface area contributed by atoms with Gasteiger partial charge in [0.2, 0.25) is 0 Å². The molecular weight excluding hydrogens is 248 g/mol. The summed E-state index contributed by atoms with van der Waals surface area (Å²) in [4.78, 5) is 0. The summed E-state index contributed by atoms with van der Waals surface area (Å²) in [5.41, 5.74) is 0.595. The van der Waals surface area contributed by atoms with Gasteiger partial charge in [0.05, 0.1) is 6.61 Å². The summed E-state index contributed by atoms with van der Waals surface area (Å²) in [6.45, 7) is 0.702. The van der Waals surface area contributed by atoms with Gasteiger partial charge in [-0.1, -0.05) is 0 Å². The van der Waals surface area contributed by atoms with E-state index in [0.29, 0.717) is 31.0 Å². The summed E-state index contributed by atoms with van der Waals surface area (Å²) < 4.78 is 32.6. The lowest BCUT2D eigenvalue weighted by molar-refractivity contribution is 0.281. The molecule has 2 rings (SSSR count). The summed E-state index contributed by atoms with van der Waals surface area (Å²) in [5.74, 6) is 0.819. The Kier molecular flexibility index (Phi) is 4.75. The minimum Gasteiger partial charge on any atom is -0.488 e. The topological polar surface area (TPSA) is 21.3 Å². The van der Waals surface area contributed by atoms with Crippen LogP contribution in [-0.4, -0.2) is 12.6 Å². The van der Waals surface area contributed by atoms with Gasteiger partial charge in [0.15, 0.2) is 17.4 Å². The predicted molar refractivity (Wildman–Crippen MR) is 69.8 cm³/mol. The summed E-state index contributed by atoms with van der Waals surface area (Å²) >= 11 is 0. The lowest BCUT2D eigenvalue weighted by Crippen LogP contribution is -2.15. The normalized spacial score (nSPS) is 14.2. The molecule has 0 amide bonds. The van der Waals surface area contributed by atoms with Crippen LogP contribution in [0.1, 0.15) is 31.2 Å². The van der Waals surface area contributed by atoms with Gasteiger partial charge in [0, 0.05) is 19.0 Å². The van der Waals surface area contributed by atoms with Crippen molar-refractivity contribution in [2.75, 3.05) is 6.61 Å². The summed E-state index contributed by atoms with van der Waals surface area (Å²) in [7, 11) is 0. The highest BCUT2D eigenvalue weighted by molar-refractivity contribution is 5.31. The van der Waals surface area contributed by atoms with E-state index in [0.717, 1.165) is 12.8 Å². The first-order chi connectivity index (χ1) is 9.20. The van der Waals surface area contributed by atoms with Crippen molar-refractivity contribution in [3.05, 3.63) is 29.3 Å². The van der Waals surface area contributed by atoms with E-state index in [-0.39, 0.29) is 12.4 Å². The van der Waals surface area contributed by atoms with Crippen LogP contribution in [0.2, 0.25) is 0 Å². The highest BCUT2D eigenvalue weighted by Crippen LogP contribution is 2.25. The van der Waals surface area contributed by atoms with Crippen molar-refractivity contribution in [3.63, 3.8) is 0 Å². The van der Waals surface area contributed by atoms with Gasteiger partial charge in [-0.05, 0) is 37.0 Å². The Morgan fingerprint density at radius 1 is 1.32 bits per heavy atom. The molecule has 0 aliphatic heterocycles. The Bertz CT molecular complexity index is 455. The maximum Gasteiger partial charge on any atom is 0.190 e. The zero-order valence-electron chi connectivity index (χ0n) is 10.7. The fraction of sp³-hybridized carbons (Fsp3) is 0.467. The molecule has 0 spiro atoms. The Labute approximate surface area is 112 Å². The number of terminal acetylenes is 1. The second-order valence-corrected chi connectivity index (χ2v) is 4.70. The molecule has 2 nitrogen and oxygen atoms in total. The summed E-state index contributed by atoms with van der Waals surface area (Å²) in [6.07, 6.45) is 8.49. The average molecular weight is 265 g/mol. The summed E-state index contributed by atoms with van der Waals surface area (Å²) in [6, 6.07) is 3.13. The zero-order chi connectivity index (χ0) is 13.7. The number of halogens is 2. The Hall–Kier alpha value is -1.60. The van der Waals surface area contributed by atoms with Crippen LogP contribution in [0.15, 0.2) is 12.1 Å². The lowest BCUT2D eigenvalue weighted by atomic mass is 10.2. The first-order valence-corrected chi connectivity index (χ1v) is 6.48. The molecule has 0 unspecified atom stereocenters. The Balaban J connectivity index is 1.93. The lowest BCUT2D eigenvalue weighted by Gasteiger charge is -2.10. The Morgan fingerprint density at radius 2 is 2.00 bits per heavy atom. The van der Waals surface area contributed by atoms with Gasteiger partial charge >= 0.3 is 0 Å². The number of benzene rings is 1. The molecule has 1 aromatic rings. The van der Waals surface area contributed by atoms with E-state index in [1.54, 1.807) is 0 Å². The standard InChI is InChI=1S/C15H17F2NO/c1-2-3-4-7-19-15-13(16)8-11(9-14(15)17)10-18-12-5-6-12/h1,8-9,12,18H,3-7,10H2. The van der Waals surface area contributed by atoms with Crippen molar-refractivity contribution in [3.8, 4) is 18.1 Å². The van der Waals surface area contributed by atoms with Gasteiger partial charge in [0.25, 0.3) is 0 Å². The maximum atomic E-state index is 13.7. The quantitative estimate of drug-likeness (QED) is 0.604. The minimum absolute atomic E-state index is 0.220. The van der Waals surface area contributed by atoms with Crippen molar-refractivity contribution >= 4 is 0 Å². The zero-order valence-corrected chi connectivity index (χ0v) is 10.7. The second kappa shape index (κ2) is 6.53. The average Bonchev–Trinajstić information content (AvgIpc) is 3.18. The molecular formula is C15H17F2NO. The molecule has 19 heavy (non-hydrogen) atoms. The van der Waals surface area contributed by atoms with Gasteiger partial charge in [-0.25, -0.2) is 8.78 Å². The highest BCUT2D eigenvalue weighted by Gasteiger charge is 2.20. The van der Waals surface area contributed by atoms with E-state index in [4.69, 9.17) is 11.2 Å². The number of unbranched alkanes of at least 4 members (excludes halogenated alkanes) is 1. The van der Waals surface area contributed by atoms with Crippen LogP contribution in [0, 0.1) is 24.0 Å². The molecule has 0 aromatic heterocycles. The van der Waals surface area contributed by atoms with Gasteiger partial charge in [-0.15, -0.1) is 12.3 Å². The van der Waals surface area contributed by atoms with Crippen molar-refractivity contribution in [2.45, 2.75) is 38.3 Å². The van der Waals surface area contributed by atoms with Crippen LogP contribution >= 0.6 is 0 Å². The fourth-order valence-corrected chi connectivity index (χ4v) is 1.75. The van der Waals surface area contributed by atoms with Crippen LogP contribution in [0.5, 0.6) is 5.75 Å². The number of hydrogen-bond donors (Lipinski definition) is 1.